The minimum atomic E-state index is -1.31. The van der Waals surface area contributed by atoms with E-state index in [1.54, 1.807) is 51.0 Å². The van der Waals surface area contributed by atoms with Crippen molar-refractivity contribution in [2.45, 2.75) is 71.1 Å². The summed E-state index contributed by atoms with van der Waals surface area (Å²) in [5, 5.41) is 11.0. The highest BCUT2D eigenvalue weighted by molar-refractivity contribution is 5.95. The summed E-state index contributed by atoms with van der Waals surface area (Å²) in [6, 6.07) is 9.50. The number of carbonyl (C=O) groups is 2. The maximum atomic E-state index is 15.2. The van der Waals surface area contributed by atoms with E-state index in [0.29, 0.717) is 18.0 Å². The molecule has 0 bridgehead atoms. The van der Waals surface area contributed by atoms with Crippen LogP contribution in [-0.2, 0) is 23.7 Å². The quantitative estimate of drug-likeness (QED) is 0.268. The first-order valence-corrected chi connectivity index (χ1v) is 14.4. The maximum Gasteiger partial charge on any atom is 0.408 e. The van der Waals surface area contributed by atoms with Gasteiger partial charge >= 0.3 is 12.0 Å². The molecule has 2 amide bonds. The Balaban J connectivity index is 1.45. The van der Waals surface area contributed by atoms with Crippen molar-refractivity contribution in [3.63, 3.8) is 0 Å². The first-order chi connectivity index (χ1) is 20.7. The highest BCUT2D eigenvalue weighted by atomic mass is 19.1. The van der Waals surface area contributed by atoms with E-state index >= 15 is 4.39 Å². The molecular weight excluding hydrogens is 572 g/mol. The Hall–Kier alpha value is -4.61. The molecule has 2 aromatic heterocycles. The van der Waals surface area contributed by atoms with Gasteiger partial charge in [-0.15, -0.1) is 10.2 Å². The number of oxazole rings is 1. The van der Waals surface area contributed by atoms with Gasteiger partial charge in [0, 0.05) is 25.5 Å². The Morgan fingerprint density at radius 1 is 1.11 bits per heavy atom. The van der Waals surface area contributed by atoms with E-state index in [1.807, 2.05) is 18.5 Å². The third-order valence-electron chi connectivity index (χ3n) is 7.60. The van der Waals surface area contributed by atoms with E-state index < -0.39 is 28.9 Å². The third kappa shape index (κ3) is 6.48. The number of carbonyl (C=O) groups excluding carboxylic acids is 2. The van der Waals surface area contributed by atoms with Crippen LogP contribution in [-0.4, -0.2) is 39.2 Å². The van der Waals surface area contributed by atoms with Crippen LogP contribution in [0, 0.1) is 18.6 Å². The van der Waals surface area contributed by atoms with Crippen LogP contribution >= 0.6 is 0 Å². The van der Waals surface area contributed by atoms with E-state index in [4.69, 9.17) is 13.6 Å². The molecule has 12 heteroatoms. The van der Waals surface area contributed by atoms with Crippen LogP contribution in [0.15, 0.2) is 57.6 Å². The van der Waals surface area contributed by atoms with Crippen molar-refractivity contribution in [2.75, 3.05) is 6.54 Å². The van der Waals surface area contributed by atoms with Crippen molar-refractivity contribution in [1.29, 1.82) is 0 Å². The molecule has 5 rings (SSSR count). The highest BCUT2D eigenvalue weighted by Crippen LogP contribution is 2.34. The summed E-state index contributed by atoms with van der Waals surface area (Å²) in [5.74, 6) is -0.879. The van der Waals surface area contributed by atoms with Crippen LogP contribution in [0.25, 0.3) is 11.5 Å². The molecule has 0 saturated carbocycles. The largest absolute Gasteiger partial charge is 0.444 e. The van der Waals surface area contributed by atoms with Gasteiger partial charge in [0.2, 0.25) is 11.6 Å². The zero-order valence-corrected chi connectivity index (χ0v) is 25.6. The summed E-state index contributed by atoms with van der Waals surface area (Å²) >= 11 is 0. The summed E-state index contributed by atoms with van der Waals surface area (Å²) in [7, 11) is 1.89. The van der Waals surface area contributed by atoms with E-state index in [1.165, 1.54) is 30.3 Å². The lowest BCUT2D eigenvalue weighted by Gasteiger charge is -2.29. The first kappa shape index (κ1) is 30.8. The number of ether oxygens (including phenoxy) is 1. The molecule has 4 aromatic rings. The third-order valence-corrected chi connectivity index (χ3v) is 7.60. The summed E-state index contributed by atoms with van der Waals surface area (Å²) in [6.07, 6.45) is 2.59. The standard InChI is InChI=1S/C32H35F2N5O5/c1-19-18-42-28(38(19)6)25-8-7-15-39(25)27(40)21-11-14-24(34)23(16-21)26-36-37-29(43-26)32(5,35-30(41)44-31(2,3)4)17-20-9-12-22(33)13-10-20/h9-14,16,18,25H,7-8,15,17H2,1-6H3/p+1. The van der Waals surface area contributed by atoms with Crippen molar-refractivity contribution in [3.8, 4) is 11.5 Å². The molecule has 1 aliphatic rings. The molecule has 0 radical (unpaired) electrons. The average molecular weight is 609 g/mol. The SMILES string of the molecule is Cc1coc(C2CCCN2C(=O)c2ccc(F)c(-c3nnc(C(C)(Cc4ccc(F)cc4)NC(=O)OC(C)(C)C)o3)c2)[n+]1C. The molecule has 1 N–H and O–H groups in total. The number of aromatic nitrogens is 3. The van der Waals surface area contributed by atoms with Gasteiger partial charge in [-0.05, 0) is 76.4 Å². The smallest absolute Gasteiger partial charge is 0.408 e. The maximum absolute atomic E-state index is 15.2. The summed E-state index contributed by atoms with van der Waals surface area (Å²) in [4.78, 5) is 28.2. The molecule has 2 unspecified atom stereocenters. The zero-order chi connectivity index (χ0) is 31.8. The topological polar surface area (TPSA) is 115 Å². The second kappa shape index (κ2) is 11.8. The summed E-state index contributed by atoms with van der Waals surface area (Å²) in [6.45, 7) is 9.28. The summed E-state index contributed by atoms with van der Waals surface area (Å²) in [5.41, 5.74) is -0.300. The molecule has 1 fully saturated rings. The van der Waals surface area contributed by atoms with Gasteiger partial charge < -0.3 is 23.8 Å². The van der Waals surface area contributed by atoms with Crippen molar-refractivity contribution >= 4 is 12.0 Å². The van der Waals surface area contributed by atoms with Crippen LogP contribution in [0.5, 0.6) is 0 Å². The fourth-order valence-electron chi connectivity index (χ4n) is 5.30. The number of alkyl carbamates (subject to hydrolysis) is 1. The Bertz CT molecular complexity index is 1680. The summed E-state index contributed by atoms with van der Waals surface area (Å²) < 4.78 is 47.9. The van der Waals surface area contributed by atoms with Gasteiger partial charge in [-0.2, -0.15) is 4.57 Å². The minimum Gasteiger partial charge on any atom is -0.444 e. The van der Waals surface area contributed by atoms with Gasteiger partial charge in [0.15, 0.2) is 12.3 Å². The van der Waals surface area contributed by atoms with Crippen LogP contribution < -0.4 is 9.88 Å². The number of benzene rings is 2. The van der Waals surface area contributed by atoms with Gasteiger partial charge in [0.25, 0.3) is 11.8 Å². The normalized spacial score (nSPS) is 16.5. The van der Waals surface area contributed by atoms with Gasteiger partial charge in [0.05, 0.1) is 5.56 Å². The van der Waals surface area contributed by atoms with Crippen LogP contribution in [0.2, 0.25) is 0 Å². The molecular formula is C32H36F2N5O5+. The Morgan fingerprint density at radius 3 is 2.50 bits per heavy atom. The number of rotatable bonds is 7. The van der Waals surface area contributed by atoms with Gasteiger partial charge in [-0.3, -0.25) is 4.79 Å². The lowest BCUT2D eigenvalue weighted by Crippen LogP contribution is -2.47. The molecule has 0 spiro atoms. The fourth-order valence-corrected chi connectivity index (χ4v) is 5.30. The minimum absolute atomic E-state index is 0.0286. The Morgan fingerprint density at radius 2 is 1.84 bits per heavy atom. The molecule has 0 aliphatic carbocycles. The monoisotopic (exact) mass is 608 g/mol. The van der Waals surface area contributed by atoms with Gasteiger partial charge in [-0.1, -0.05) is 12.1 Å². The number of hydrogen-bond donors (Lipinski definition) is 1. The zero-order valence-electron chi connectivity index (χ0n) is 25.6. The first-order valence-electron chi connectivity index (χ1n) is 14.4. The predicted octanol–water partition coefficient (Wildman–Crippen LogP) is 5.70. The number of likely N-dealkylation sites (tertiary alicyclic amines) is 1. The number of nitrogens with zero attached hydrogens (tertiary/aromatic N) is 4. The number of nitrogens with one attached hydrogen (secondary N) is 1. The van der Waals surface area contributed by atoms with E-state index in [9.17, 15) is 14.0 Å². The molecule has 2 atom stereocenters. The second-order valence-corrected chi connectivity index (χ2v) is 12.3. The van der Waals surface area contributed by atoms with Crippen molar-refractivity contribution in [1.82, 2.24) is 20.4 Å². The molecule has 2 aromatic carbocycles. The Kier molecular flexibility index (Phi) is 8.28. The van der Waals surface area contributed by atoms with Crippen molar-refractivity contribution < 1.29 is 36.5 Å². The number of aryl methyl sites for hydroxylation is 1. The molecule has 10 nitrogen and oxygen atoms in total. The average Bonchev–Trinajstić information content (AvgIpc) is 3.70. The van der Waals surface area contributed by atoms with E-state index in [-0.39, 0.29) is 41.3 Å². The number of amides is 2. The highest BCUT2D eigenvalue weighted by Gasteiger charge is 2.40. The molecule has 232 valence electrons. The lowest BCUT2D eigenvalue weighted by atomic mass is 9.92. The molecule has 44 heavy (non-hydrogen) atoms. The van der Waals surface area contributed by atoms with Crippen LogP contribution in [0.3, 0.4) is 0 Å². The second-order valence-electron chi connectivity index (χ2n) is 12.3. The van der Waals surface area contributed by atoms with E-state index in [2.05, 4.69) is 15.5 Å². The van der Waals surface area contributed by atoms with Crippen LogP contribution in [0.1, 0.15) is 80.0 Å². The molecule has 1 saturated heterocycles. The van der Waals surface area contributed by atoms with Crippen molar-refractivity contribution in [2.24, 2.45) is 7.05 Å². The predicted molar refractivity (Wildman–Crippen MR) is 154 cm³/mol. The number of hydrogen-bond acceptors (Lipinski definition) is 7. The Labute approximate surface area is 254 Å². The molecule has 1 aliphatic heterocycles. The van der Waals surface area contributed by atoms with Crippen molar-refractivity contribution in [3.05, 3.63) is 89.0 Å². The van der Waals surface area contributed by atoms with E-state index in [0.717, 1.165) is 18.5 Å². The van der Waals surface area contributed by atoms with Gasteiger partial charge in [-0.25, -0.2) is 13.6 Å². The lowest BCUT2D eigenvalue weighted by molar-refractivity contribution is -0.690. The molecule has 3 heterocycles. The fraction of sp³-hybridized carbons (Fsp3) is 0.406. The number of halogens is 2. The van der Waals surface area contributed by atoms with Crippen LogP contribution in [0.4, 0.5) is 13.6 Å². The van der Waals surface area contributed by atoms with Gasteiger partial charge in [0.1, 0.15) is 29.8 Å².